The number of rotatable bonds is 3. The van der Waals surface area contributed by atoms with Gasteiger partial charge in [0.15, 0.2) is 0 Å². The van der Waals surface area contributed by atoms with Gasteiger partial charge in [0.25, 0.3) is 5.91 Å². The lowest BCUT2D eigenvalue weighted by Gasteiger charge is -2.19. The molecule has 1 fully saturated rings. The Bertz CT molecular complexity index is 698. The maximum Gasteiger partial charge on any atom is 0.256 e. The maximum atomic E-state index is 12.3. The van der Waals surface area contributed by atoms with Gasteiger partial charge in [0.05, 0.1) is 19.8 Å². The van der Waals surface area contributed by atoms with Crippen LogP contribution in [0.15, 0.2) is 35.7 Å². The van der Waals surface area contributed by atoms with E-state index in [4.69, 9.17) is 0 Å². The Balaban J connectivity index is 1.85. The number of nitrogens with one attached hydrogen (secondary N) is 1. The van der Waals surface area contributed by atoms with Gasteiger partial charge in [-0.1, -0.05) is 12.1 Å². The van der Waals surface area contributed by atoms with Crippen LogP contribution in [0.2, 0.25) is 0 Å². The third-order valence-corrected chi connectivity index (χ3v) is 5.14. The van der Waals surface area contributed by atoms with Crippen LogP contribution in [0.5, 0.6) is 0 Å². The van der Waals surface area contributed by atoms with E-state index in [1.54, 1.807) is 4.90 Å². The molecular formula is C15H13IN2O2S. The molecule has 1 saturated heterocycles. The van der Waals surface area contributed by atoms with E-state index in [0.29, 0.717) is 24.2 Å². The van der Waals surface area contributed by atoms with E-state index in [-0.39, 0.29) is 11.8 Å². The number of thiophene rings is 1. The molecule has 1 aliphatic rings. The summed E-state index contributed by atoms with van der Waals surface area (Å²) < 4.78 is 1.07. The lowest BCUT2D eigenvalue weighted by atomic mass is 10.2. The highest BCUT2D eigenvalue weighted by atomic mass is 127. The van der Waals surface area contributed by atoms with Gasteiger partial charge in [0.1, 0.15) is 0 Å². The van der Waals surface area contributed by atoms with Gasteiger partial charge in [-0.15, -0.1) is 11.3 Å². The topological polar surface area (TPSA) is 49.4 Å². The van der Waals surface area contributed by atoms with Gasteiger partial charge < -0.3 is 10.2 Å². The van der Waals surface area contributed by atoms with Gasteiger partial charge in [0.2, 0.25) is 5.91 Å². The number of carbonyl (C=O) groups is 2. The second-order valence-corrected chi connectivity index (χ2v) is 7.57. The highest BCUT2D eigenvalue weighted by Crippen LogP contribution is 2.30. The van der Waals surface area contributed by atoms with Crippen molar-refractivity contribution >= 4 is 57.1 Å². The minimum absolute atomic E-state index is 0.113. The molecule has 0 radical (unpaired) electrons. The van der Waals surface area contributed by atoms with E-state index >= 15 is 0 Å². The Hall–Kier alpha value is -1.41. The van der Waals surface area contributed by atoms with E-state index in [1.165, 1.54) is 11.3 Å². The first-order chi connectivity index (χ1) is 10.1. The quantitative estimate of drug-likeness (QED) is 0.782. The van der Waals surface area contributed by atoms with Crippen molar-refractivity contribution in [2.45, 2.75) is 12.8 Å². The third kappa shape index (κ3) is 3.11. The van der Waals surface area contributed by atoms with Gasteiger partial charge in [-0.05, 0) is 47.2 Å². The molecule has 21 heavy (non-hydrogen) atoms. The smallest absolute Gasteiger partial charge is 0.256 e. The average molecular weight is 412 g/mol. The largest absolute Gasteiger partial charge is 0.320 e. The Morgan fingerprint density at radius 3 is 2.81 bits per heavy atom. The van der Waals surface area contributed by atoms with Crippen LogP contribution in [0, 0.1) is 2.88 Å². The molecule has 3 rings (SSSR count). The number of nitrogens with zero attached hydrogens (tertiary/aromatic N) is 1. The number of carbonyl (C=O) groups excluding carboxylic acids is 2. The first-order valence-electron chi connectivity index (χ1n) is 6.60. The zero-order valence-electron chi connectivity index (χ0n) is 11.1. The lowest BCUT2D eigenvalue weighted by Crippen LogP contribution is -2.25. The summed E-state index contributed by atoms with van der Waals surface area (Å²) in [6.45, 7) is 0.710. The normalized spacial score (nSPS) is 14.5. The number of halogens is 1. The van der Waals surface area contributed by atoms with Gasteiger partial charge >= 0.3 is 0 Å². The fraction of sp³-hybridized carbons (Fsp3) is 0.200. The van der Waals surface area contributed by atoms with Crippen LogP contribution < -0.4 is 10.2 Å². The van der Waals surface area contributed by atoms with Crippen LogP contribution in [0.1, 0.15) is 23.2 Å². The monoisotopic (exact) mass is 412 g/mol. The first kappa shape index (κ1) is 14.5. The van der Waals surface area contributed by atoms with Crippen LogP contribution in [0.25, 0.3) is 0 Å². The van der Waals surface area contributed by atoms with Crippen LogP contribution in [-0.2, 0) is 4.79 Å². The SMILES string of the molecule is O=C(Nc1ccccc1N1CCCC1=O)c1csc(I)c1. The summed E-state index contributed by atoms with van der Waals surface area (Å²) >= 11 is 3.73. The van der Waals surface area contributed by atoms with Crippen molar-refractivity contribution in [2.24, 2.45) is 0 Å². The summed E-state index contributed by atoms with van der Waals surface area (Å²) in [5, 5.41) is 4.74. The second-order valence-electron chi connectivity index (χ2n) is 4.76. The molecule has 2 amide bonds. The molecule has 0 unspecified atom stereocenters. The minimum Gasteiger partial charge on any atom is -0.320 e. The first-order valence-corrected chi connectivity index (χ1v) is 8.56. The Morgan fingerprint density at radius 2 is 2.14 bits per heavy atom. The van der Waals surface area contributed by atoms with Crippen molar-refractivity contribution < 1.29 is 9.59 Å². The van der Waals surface area contributed by atoms with Crippen molar-refractivity contribution in [3.8, 4) is 0 Å². The fourth-order valence-electron chi connectivity index (χ4n) is 2.34. The Labute approximate surface area is 140 Å². The van der Waals surface area contributed by atoms with Crippen LogP contribution in [0.3, 0.4) is 0 Å². The number of hydrogen-bond donors (Lipinski definition) is 1. The molecule has 2 aromatic rings. The molecule has 1 N–H and O–H groups in total. The summed E-state index contributed by atoms with van der Waals surface area (Å²) in [6.07, 6.45) is 1.44. The number of hydrogen-bond acceptors (Lipinski definition) is 3. The summed E-state index contributed by atoms with van der Waals surface area (Å²) in [6, 6.07) is 9.29. The van der Waals surface area contributed by atoms with Crippen LogP contribution in [0.4, 0.5) is 11.4 Å². The highest BCUT2D eigenvalue weighted by molar-refractivity contribution is 14.1. The molecule has 0 aliphatic carbocycles. The summed E-state index contributed by atoms with van der Waals surface area (Å²) in [5.41, 5.74) is 2.10. The second kappa shape index (κ2) is 6.15. The molecule has 1 aromatic carbocycles. The van der Waals surface area contributed by atoms with Crippen molar-refractivity contribution in [2.75, 3.05) is 16.8 Å². The van der Waals surface area contributed by atoms with E-state index in [2.05, 4.69) is 27.9 Å². The number of anilines is 2. The predicted molar refractivity (Wildman–Crippen MR) is 93.0 cm³/mol. The highest BCUT2D eigenvalue weighted by Gasteiger charge is 2.24. The molecule has 1 aromatic heterocycles. The number of para-hydroxylation sites is 2. The zero-order chi connectivity index (χ0) is 14.8. The number of benzene rings is 1. The molecule has 4 nitrogen and oxygen atoms in total. The Morgan fingerprint density at radius 1 is 1.33 bits per heavy atom. The summed E-state index contributed by atoms with van der Waals surface area (Å²) in [5.74, 6) is -0.0324. The summed E-state index contributed by atoms with van der Waals surface area (Å²) in [4.78, 5) is 25.9. The average Bonchev–Trinajstić information content (AvgIpc) is 3.08. The van der Waals surface area contributed by atoms with Crippen molar-refractivity contribution in [1.29, 1.82) is 0 Å². The van der Waals surface area contributed by atoms with Gasteiger partial charge in [0, 0.05) is 18.3 Å². The van der Waals surface area contributed by atoms with Gasteiger partial charge in [-0.3, -0.25) is 9.59 Å². The van der Waals surface area contributed by atoms with E-state index < -0.39 is 0 Å². The summed E-state index contributed by atoms with van der Waals surface area (Å²) in [7, 11) is 0. The molecular weight excluding hydrogens is 399 g/mol. The maximum absolute atomic E-state index is 12.3. The van der Waals surface area contributed by atoms with E-state index in [9.17, 15) is 9.59 Å². The molecule has 0 atom stereocenters. The molecule has 6 heteroatoms. The molecule has 0 saturated carbocycles. The number of amides is 2. The van der Waals surface area contributed by atoms with Crippen molar-refractivity contribution in [3.63, 3.8) is 0 Å². The molecule has 2 heterocycles. The van der Waals surface area contributed by atoms with Gasteiger partial charge in [-0.25, -0.2) is 0 Å². The molecule has 0 bridgehead atoms. The standard InChI is InChI=1S/C15H13IN2O2S/c16-13-8-10(9-21-13)15(20)17-11-4-1-2-5-12(11)18-7-3-6-14(18)19/h1-2,4-5,8-9H,3,6-7H2,(H,17,20). The fourth-order valence-corrected chi connectivity index (χ4v) is 3.67. The lowest BCUT2D eigenvalue weighted by molar-refractivity contribution is -0.117. The molecule has 108 valence electrons. The predicted octanol–water partition coefficient (Wildman–Crippen LogP) is 3.73. The van der Waals surface area contributed by atoms with Gasteiger partial charge in [-0.2, -0.15) is 0 Å². The minimum atomic E-state index is -0.145. The molecule has 0 spiro atoms. The van der Waals surface area contributed by atoms with Crippen molar-refractivity contribution in [1.82, 2.24) is 0 Å². The van der Waals surface area contributed by atoms with E-state index in [0.717, 1.165) is 15.0 Å². The van der Waals surface area contributed by atoms with Crippen molar-refractivity contribution in [3.05, 3.63) is 44.2 Å². The zero-order valence-corrected chi connectivity index (χ0v) is 14.1. The van der Waals surface area contributed by atoms with Crippen LogP contribution >= 0.6 is 33.9 Å². The Kier molecular flexibility index (Phi) is 4.25. The van der Waals surface area contributed by atoms with E-state index in [1.807, 2.05) is 35.7 Å². The third-order valence-electron chi connectivity index (χ3n) is 3.35. The van der Waals surface area contributed by atoms with Crippen LogP contribution in [-0.4, -0.2) is 18.4 Å². The molecule has 1 aliphatic heterocycles.